The van der Waals surface area contributed by atoms with Crippen molar-refractivity contribution in [2.45, 2.75) is 39.2 Å². The van der Waals surface area contributed by atoms with Crippen molar-refractivity contribution in [1.29, 1.82) is 0 Å². The summed E-state index contributed by atoms with van der Waals surface area (Å²) < 4.78 is 5.41. The number of benzene rings is 1. The van der Waals surface area contributed by atoms with Crippen molar-refractivity contribution < 1.29 is 4.74 Å². The molecule has 0 amide bonds. The highest BCUT2D eigenvalue weighted by atomic mass is 16.5. The third-order valence-electron chi connectivity index (χ3n) is 3.48. The van der Waals surface area contributed by atoms with Crippen molar-refractivity contribution in [3.05, 3.63) is 29.3 Å². The van der Waals surface area contributed by atoms with Gasteiger partial charge in [-0.05, 0) is 31.2 Å². The van der Waals surface area contributed by atoms with Crippen LogP contribution in [-0.4, -0.2) is 7.11 Å². The summed E-state index contributed by atoms with van der Waals surface area (Å²) in [6, 6.07) is 6.24. The Morgan fingerprint density at radius 1 is 1.25 bits per heavy atom. The Kier molecular flexibility index (Phi) is 2.50. The summed E-state index contributed by atoms with van der Waals surface area (Å²) in [6.07, 6.45) is 2.06. The number of hydrogen-bond acceptors (Lipinski definition) is 2. The van der Waals surface area contributed by atoms with Crippen LogP contribution in [0.5, 0.6) is 5.75 Å². The SMILES string of the molecule is COc1ccc(C)cc1C1(N)CC(C)(C)C1. The van der Waals surface area contributed by atoms with Gasteiger partial charge in [0.15, 0.2) is 0 Å². The predicted octanol–water partition coefficient (Wildman–Crippen LogP) is 2.98. The van der Waals surface area contributed by atoms with Crippen LogP contribution in [0.1, 0.15) is 37.8 Å². The van der Waals surface area contributed by atoms with Crippen LogP contribution in [0.3, 0.4) is 0 Å². The van der Waals surface area contributed by atoms with Crippen LogP contribution in [0.2, 0.25) is 0 Å². The monoisotopic (exact) mass is 219 g/mol. The molecular weight excluding hydrogens is 198 g/mol. The van der Waals surface area contributed by atoms with Crippen LogP contribution in [0.4, 0.5) is 0 Å². The van der Waals surface area contributed by atoms with Gasteiger partial charge in [0, 0.05) is 11.1 Å². The van der Waals surface area contributed by atoms with Gasteiger partial charge in [-0.15, -0.1) is 0 Å². The fraction of sp³-hybridized carbons (Fsp3) is 0.571. The number of hydrogen-bond donors (Lipinski definition) is 1. The van der Waals surface area contributed by atoms with E-state index in [1.54, 1.807) is 7.11 Å². The Morgan fingerprint density at radius 2 is 1.88 bits per heavy atom. The van der Waals surface area contributed by atoms with E-state index in [4.69, 9.17) is 10.5 Å². The summed E-state index contributed by atoms with van der Waals surface area (Å²) in [6.45, 7) is 6.62. The molecule has 0 atom stereocenters. The van der Waals surface area contributed by atoms with Crippen molar-refractivity contribution >= 4 is 0 Å². The second kappa shape index (κ2) is 3.49. The van der Waals surface area contributed by atoms with Gasteiger partial charge in [0.1, 0.15) is 5.75 Å². The Hall–Kier alpha value is -1.02. The maximum absolute atomic E-state index is 6.47. The number of aryl methyl sites for hydroxylation is 1. The van der Waals surface area contributed by atoms with Gasteiger partial charge in [-0.25, -0.2) is 0 Å². The van der Waals surface area contributed by atoms with E-state index in [9.17, 15) is 0 Å². The quantitative estimate of drug-likeness (QED) is 0.830. The molecule has 1 aliphatic carbocycles. The van der Waals surface area contributed by atoms with E-state index in [2.05, 4.69) is 32.9 Å². The Bertz CT molecular complexity index is 401. The highest BCUT2D eigenvalue weighted by Crippen LogP contribution is 2.53. The van der Waals surface area contributed by atoms with Gasteiger partial charge < -0.3 is 10.5 Å². The van der Waals surface area contributed by atoms with E-state index in [0.717, 1.165) is 24.2 Å². The molecule has 2 heteroatoms. The summed E-state index contributed by atoms with van der Waals surface area (Å²) in [5, 5.41) is 0. The van der Waals surface area contributed by atoms with Crippen LogP contribution < -0.4 is 10.5 Å². The molecule has 2 nitrogen and oxygen atoms in total. The van der Waals surface area contributed by atoms with Gasteiger partial charge >= 0.3 is 0 Å². The van der Waals surface area contributed by atoms with Crippen LogP contribution in [0, 0.1) is 12.3 Å². The predicted molar refractivity (Wildman–Crippen MR) is 66.6 cm³/mol. The van der Waals surface area contributed by atoms with E-state index in [0.29, 0.717) is 5.41 Å². The number of ether oxygens (including phenoxy) is 1. The molecule has 0 unspecified atom stereocenters. The molecule has 0 bridgehead atoms. The number of methoxy groups -OCH3 is 1. The van der Waals surface area contributed by atoms with Crippen LogP contribution in [-0.2, 0) is 5.54 Å². The maximum atomic E-state index is 6.47. The summed E-state index contributed by atoms with van der Waals surface area (Å²) in [5.41, 5.74) is 9.04. The lowest BCUT2D eigenvalue weighted by Crippen LogP contribution is -2.53. The highest BCUT2D eigenvalue weighted by molar-refractivity contribution is 5.43. The minimum absolute atomic E-state index is 0.194. The van der Waals surface area contributed by atoms with E-state index >= 15 is 0 Å². The van der Waals surface area contributed by atoms with Crippen molar-refractivity contribution in [3.63, 3.8) is 0 Å². The minimum atomic E-state index is -0.194. The lowest BCUT2D eigenvalue weighted by Gasteiger charge is -2.51. The molecule has 16 heavy (non-hydrogen) atoms. The van der Waals surface area contributed by atoms with Crippen molar-refractivity contribution in [1.82, 2.24) is 0 Å². The molecule has 88 valence electrons. The third-order valence-corrected chi connectivity index (χ3v) is 3.48. The standard InChI is InChI=1S/C14H21NO/c1-10-5-6-12(16-4)11(7-10)14(15)8-13(2,3)9-14/h5-7H,8-9,15H2,1-4H3. The van der Waals surface area contributed by atoms with Crippen LogP contribution >= 0.6 is 0 Å². The van der Waals surface area contributed by atoms with Crippen molar-refractivity contribution in [2.75, 3.05) is 7.11 Å². The van der Waals surface area contributed by atoms with Gasteiger partial charge in [-0.2, -0.15) is 0 Å². The molecule has 2 rings (SSSR count). The summed E-state index contributed by atoms with van der Waals surface area (Å²) in [5.74, 6) is 0.920. The topological polar surface area (TPSA) is 35.2 Å². The fourth-order valence-corrected chi connectivity index (χ4v) is 3.06. The highest BCUT2D eigenvalue weighted by Gasteiger charge is 2.48. The average Bonchev–Trinajstić information content (AvgIpc) is 2.14. The summed E-state index contributed by atoms with van der Waals surface area (Å²) >= 11 is 0. The Balaban J connectivity index is 2.37. The molecule has 1 aromatic carbocycles. The first-order valence-corrected chi connectivity index (χ1v) is 5.80. The second-order valence-corrected chi connectivity index (χ2v) is 5.88. The lowest BCUT2D eigenvalue weighted by atomic mass is 9.57. The van der Waals surface area contributed by atoms with Crippen LogP contribution in [0.25, 0.3) is 0 Å². The van der Waals surface area contributed by atoms with Gasteiger partial charge in [-0.3, -0.25) is 0 Å². The zero-order valence-corrected chi connectivity index (χ0v) is 10.6. The molecule has 0 saturated heterocycles. The first kappa shape index (κ1) is 11.5. The molecule has 1 aromatic rings. The second-order valence-electron chi connectivity index (χ2n) is 5.88. The van der Waals surface area contributed by atoms with Gasteiger partial charge in [-0.1, -0.05) is 31.5 Å². The number of rotatable bonds is 2. The fourth-order valence-electron chi connectivity index (χ4n) is 3.06. The Morgan fingerprint density at radius 3 is 2.38 bits per heavy atom. The molecule has 1 fully saturated rings. The van der Waals surface area contributed by atoms with Gasteiger partial charge in [0.25, 0.3) is 0 Å². The van der Waals surface area contributed by atoms with Gasteiger partial charge in [0.05, 0.1) is 7.11 Å². The summed E-state index contributed by atoms with van der Waals surface area (Å²) in [7, 11) is 1.71. The average molecular weight is 219 g/mol. The number of nitrogens with two attached hydrogens (primary N) is 1. The van der Waals surface area contributed by atoms with E-state index in [1.165, 1.54) is 5.56 Å². The lowest BCUT2D eigenvalue weighted by molar-refractivity contribution is 0.0598. The molecule has 0 heterocycles. The van der Waals surface area contributed by atoms with E-state index < -0.39 is 0 Å². The first-order valence-electron chi connectivity index (χ1n) is 5.80. The van der Waals surface area contributed by atoms with Crippen molar-refractivity contribution in [2.24, 2.45) is 11.1 Å². The molecule has 0 radical (unpaired) electrons. The van der Waals surface area contributed by atoms with E-state index in [-0.39, 0.29) is 5.54 Å². The first-order chi connectivity index (χ1) is 7.36. The molecule has 0 aliphatic heterocycles. The van der Waals surface area contributed by atoms with Crippen molar-refractivity contribution in [3.8, 4) is 5.75 Å². The normalized spacial score (nSPS) is 21.3. The molecule has 0 spiro atoms. The zero-order chi connectivity index (χ0) is 12.0. The largest absolute Gasteiger partial charge is 0.496 e. The molecule has 1 aliphatic rings. The Labute approximate surface area is 97.8 Å². The summed E-state index contributed by atoms with van der Waals surface area (Å²) in [4.78, 5) is 0. The maximum Gasteiger partial charge on any atom is 0.123 e. The third kappa shape index (κ3) is 1.82. The smallest absolute Gasteiger partial charge is 0.123 e. The van der Waals surface area contributed by atoms with Crippen LogP contribution in [0.15, 0.2) is 18.2 Å². The zero-order valence-electron chi connectivity index (χ0n) is 10.6. The molecule has 2 N–H and O–H groups in total. The minimum Gasteiger partial charge on any atom is -0.496 e. The molecular formula is C14H21NO. The van der Waals surface area contributed by atoms with Gasteiger partial charge in [0.2, 0.25) is 0 Å². The van der Waals surface area contributed by atoms with E-state index in [1.807, 2.05) is 6.07 Å². The molecule has 1 saturated carbocycles. The molecule has 0 aromatic heterocycles.